The average molecular weight is 474 g/mol. The molecule has 2 rings (SSSR count). The number of nitrogen functional groups attached to an aromatic ring is 1. The van der Waals surface area contributed by atoms with Gasteiger partial charge >= 0.3 is 0 Å². The number of rotatable bonds is 10. The predicted octanol–water partition coefficient (Wildman–Crippen LogP) is 3.66. The molecule has 0 aliphatic carbocycles. The van der Waals surface area contributed by atoms with Gasteiger partial charge in [0.15, 0.2) is 5.69 Å². The van der Waals surface area contributed by atoms with Crippen molar-refractivity contribution in [2.75, 3.05) is 17.2 Å². The van der Waals surface area contributed by atoms with Crippen LogP contribution in [-0.2, 0) is 4.79 Å². The van der Waals surface area contributed by atoms with Crippen LogP contribution in [0.3, 0.4) is 0 Å². The molecule has 0 spiro atoms. The van der Waals surface area contributed by atoms with E-state index in [1.165, 1.54) is 4.90 Å². The predicted molar refractivity (Wildman–Crippen MR) is 133 cm³/mol. The first kappa shape index (κ1) is 26.3. The number of carbonyl (C=O) groups excluding carboxylic acids is 3. The van der Waals surface area contributed by atoms with Gasteiger partial charge in [-0.1, -0.05) is 45.4 Å². The molecule has 0 radical (unpaired) electrons. The molecule has 0 saturated carbocycles. The third kappa shape index (κ3) is 6.54. The van der Waals surface area contributed by atoms with Gasteiger partial charge < -0.3 is 16.8 Å². The van der Waals surface area contributed by atoms with Crippen molar-refractivity contribution in [2.24, 2.45) is 17.6 Å². The lowest BCUT2D eigenvalue weighted by atomic mass is 9.98. The van der Waals surface area contributed by atoms with Crippen molar-refractivity contribution >= 4 is 40.6 Å². The molecular formula is C24H35N5O3S. The van der Waals surface area contributed by atoms with Gasteiger partial charge in [-0.15, -0.1) is 0 Å². The number of carbonyl (C=O) groups is 3. The Balaban J connectivity index is 2.58. The number of benzene rings is 1. The lowest BCUT2D eigenvalue weighted by Gasteiger charge is -2.33. The lowest BCUT2D eigenvalue weighted by Crippen LogP contribution is -2.51. The Bertz CT molecular complexity index is 1020. The highest BCUT2D eigenvalue weighted by Crippen LogP contribution is 2.31. The molecule has 9 heteroatoms. The topological polar surface area (TPSA) is 131 Å². The van der Waals surface area contributed by atoms with Crippen LogP contribution in [0.25, 0.3) is 0 Å². The highest BCUT2D eigenvalue weighted by atomic mass is 32.1. The van der Waals surface area contributed by atoms with E-state index in [2.05, 4.69) is 23.5 Å². The molecule has 0 aliphatic rings. The first-order chi connectivity index (χ1) is 15.4. The second-order valence-corrected chi connectivity index (χ2v) is 10.00. The van der Waals surface area contributed by atoms with Gasteiger partial charge in [0.25, 0.3) is 11.8 Å². The number of nitrogens with zero attached hydrogens (tertiary/aromatic N) is 2. The first-order valence-corrected chi connectivity index (χ1v) is 11.9. The number of hydrogen-bond donors (Lipinski definition) is 3. The molecule has 0 aliphatic heterocycles. The Hall–Kier alpha value is -2.94. The molecule has 3 amide bonds. The minimum Gasteiger partial charge on any atom is -0.395 e. The molecule has 1 unspecified atom stereocenters. The monoisotopic (exact) mass is 473 g/mol. The van der Waals surface area contributed by atoms with Crippen molar-refractivity contribution < 1.29 is 14.4 Å². The number of nitrogens with two attached hydrogens (primary N) is 2. The second kappa shape index (κ2) is 11.3. The Morgan fingerprint density at radius 1 is 1.12 bits per heavy atom. The molecule has 1 heterocycles. The Morgan fingerprint density at radius 2 is 1.79 bits per heavy atom. The summed E-state index contributed by atoms with van der Waals surface area (Å²) in [5, 5.41) is 2.99. The van der Waals surface area contributed by atoms with Gasteiger partial charge in [0, 0.05) is 12.2 Å². The summed E-state index contributed by atoms with van der Waals surface area (Å²) < 4.78 is 3.98. The summed E-state index contributed by atoms with van der Waals surface area (Å²) in [5.41, 5.74) is 13.7. The van der Waals surface area contributed by atoms with Gasteiger partial charge in [-0.3, -0.25) is 19.3 Å². The summed E-state index contributed by atoms with van der Waals surface area (Å²) >= 11 is 0.816. The Morgan fingerprint density at radius 3 is 2.30 bits per heavy atom. The largest absolute Gasteiger partial charge is 0.395 e. The van der Waals surface area contributed by atoms with Crippen molar-refractivity contribution in [1.82, 2.24) is 9.69 Å². The molecule has 1 aromatic heterocycles. The SMILES string of the molecule is Cc1ccc(N(C(=O)c2snc(C(N)=O)c2N)C(CC(C)C)C(=O)NCCC(C)C)c(C)c1. The van der Waals surface area contributed by atoms with Crippen LogP contribution in [0.5, 0.6) is 0 Å². The highest BCUT2D eigenvalue weighted by molar-refractivity contribution is 7.09. The minimum atomic E-state index is -0.800. The van der Waals surface area contributed by atoms with Crippen LogP contribution in [0.1, 0.15) is 71.8 Å². The molecule has 180 valence electrons. The van der Waals surface area contributed by atoms with Gasteiger partial charge in [-0.25, -0.2) is 0 Å². The van der Waals surface area contributed by atoms with Crippen LogP contribution in [0, 0.1) is 25.7 Å². The van der Waals surface area contributed by atoms with Crippen molar-refractivity contribution in [3.8, 4) is 0 Å². The molecular weight excluding hydrogens is 438 g/mol. The zero-order valence-corrected chi connectivity index (χ0v) is 21.1. The lowest BCUT2D eigenvalue weighted by molar-refractivity contribution is -0.122. The molecule has 0 bridgehead atoms. The van der Waals surface area contributed by atoms with Crippen molar-refractivity contribution in [3.63, 3.8) is 0 Å². The molecule has 1 aromatic carbocycles. The molecule has 2 aromatic rings. The van der Waals surface area contributed by atoms with E-state index in [1.807, 2.05) is 45.9 Å². The maximum Gasteiger partial charge on any atom is 0.272 e. The Labute approximate surface area is 199 Å². The number of anilines is 2. The first-order valence-electron chi connectivity index (χ1n) is 11.2. The molecule has 8 nitrogen and oxygen atoms in total. The molecule has 5 N–H and O–H groups in total. The smallest absolute Gasteiger partial charge is 0.272 e. The van der Waals surface area contributed by atoms with Crippen LogP contribution in [0.4, 0.5) is 11.4 Å². The summed E-state index contributed by atoms with van der Waals surface area (Å²) in [7, 11) is 0. The van der Waals surface area contributed by atoms with E-state index in [4.69, 9.17) is 11.5 Å². The normalized spacial score (nSPS) is 12.1. The van der Waals surface area contributed by atoms with E-state index in [0.717, 1.165) is 29.1 Å². The average Bonchev–Trinajstić information content (AvgIpc) is 3.09. The molecule has 0 saturated heterocycles. The van der Waals surface area contributed by atoms with E-state index in [1.54, 1.807) is 0 Å². The third-order valence-electron chi connectivity index (χ3n) is 5.32. The van der Waals surface area contributed by atoms with E-state index < -0.39 is 17.9 Å². The van der Waals surface area contributed by atoms with Gasteiger partial charge in [0.1, 0.15) is 10.9 Å². The van der Waals surface area contributed by atoms with Crippen LogP contribution in [0.2, 0.25) is 0 Å². The fourth-order valence-electron chi connectivity index (χ4n) is 3.61. The second-order valence-electron chi connectivity index (χ2n) is 9.22. The number of amides is 3. The van der Waals surface area contributed by atoms with E-state index in [9.17, 15) is 14.4 Å². The minimum absolute atomic E-state index is 0.0595. The number of hydrogen-bond acceptors (Lipinski definition) is 6. The standard InChI is InChI=1S/C24H35N5O3S/c1-13(2)9-10-27-23(31)18(11-14(3)4)29(17-8-7-15(5)12-16(17)6)24(32)21-19(25)20(22(26)30)28-33-21/h7-8,12-14,18H,9-11,25H2,1-6H3,(H2,26,30)(H,27,31). The zero-order valence-electron chi connectivity index (χ0n) is 20.3. The number of primary amides is 1. The Kier molecular flexibility index (Phi) is 8.99. The maximum absolute atomic E-state index is 13.8. The van der Waals surface area contributed by atoms with Gasteiger partial charge in [-0.2, -0.15) is 4.37 Å². The van der Waals surface area contributed by atoms with Crippen molar-refractivity contribution in [2.45, 2.75) is 60.4 Å². The summed E-state index contributed by atoms with van der Waals surface area (Å²) in [6.45, 7) is 12.6. The number of nitrogens with one attached hydrogen (secondary N) is 1. The van der Waals surface area contributed by atoms with Gasteiger partial charge in [0.2, 0.25) is 5.91 Å². The fourth-order valence-corrected chi connectivity index (χ4v) is 4.35. The van der Waals surface area contributed by atoms with Crippen LogP contribution in [0.15, 0.2) is 18.2 Å². The quantitative estimate of drug-likeness (QED) is 0.484. The van der Waals surface area contributed by atoms with Crippen molar-refractivity contribution in [3.05, 3.63) is 39.9 Å². The van der Waals surface area contributed by atoms with Gasteiger partial charge in [-0.05, 0) is 61.7 Å². The third-order valence-corrected chi connectivity index (χ3v) is 6.17. The van der Waals surface area contributed by atoms with Gasteiger partial charge in [0.05, 0.1) is 5.69 Å². The molecule has 1 atom stereocenters. The van der Waals surface area contributed by atoms with E-state index in [-0.39, 0.29) is 28.1 Å². The van der Waals surface area contributed by atoms with Crippen LogP contribution < -0.4 is 21.7 Å². The van der Waals surface area contributed by atoms with E-state index >= 15 is 0 Å². The maximum atomic E-state index is 13.8. The van der Waals surface area contributed by atoms with Crippen LogP contribution in [-0.4, -0.2) is 34.7 Å². The fraction of sp³-hybridized carbons (Fsp3) is 0.500. The summed E-state index contributed by atoms with van der Waals surface area (Å²) in [5.74, 6) is -0.918. The van der Waals surface area contributed by atoms with Crippen molar-refractivity contribution in [1.29, 1.82) is 0 Å². The molecule has 0 fully saturated rings. The number of aromatic nitrogens is 1. The summed E-state index contributed by atoms with van der Waals surface area (Å²) in [4.78, 5) is 40.4. The van der Waals surface area contributed by atoms with E-state index in [0.29, 0.717) is 24.6 Å². The highest BCUT2D eigenvalue weighted by Gasteiger charge is 2.35. The van der Waals surface area contributed by atoms with Crippen LogP contribution >= 0.6 is 11.5 Å². The zero-order chi connectivity index (χ0) is 24.9. The number of aryl methyl sites for hydroxylation is 2. The molecule has 33 heavy (non-hydrogen) atoms. The summed E-state index contributed by atoms with van der Waals surface area (Å²) in [6.07, 6.45) is 1.29. The summed E-state index contributed by atoms with van der Waals surface area (Å²) in [6, 6.07) is 4.94.